The van der Waals surface area contributed by atoms with E-state index in [1.165, 1.54) is 25.0 Å². The maximum absolute atomic E-state index is 11.9. The molecule has 5 nitrogen and oxygen atoms in total. The van der Waals surface area contributed by atoms with Crippen molar-refractivity contribution < 1.29 is 14.7 Å². The van der Waals surface area contributed by atoms with Gasteiger partial charge in [0, 0.05) is 23.2 Å². The zero-order valence-corrected chi connectivity index (χ0v) is 12.4. The Bertz CT molecular complexity index is 528. The number of hydrogen-bond acceptors (Lipinski definition) is 3. The van der Waals surface area contributed by atoms with E-state index in [-0.39, 0.29) is 11.5 Å². The van der Waals surface area contributed by atoms with Gasteiger partial charge >= 0.3 is 5.97 Å². The predicted molar refractivity (Wildman–Crippen MR) is 81.9 cm³/mol. The fourth-order valence-corrected chi connectivity index (χ4v) is 2.72. The van der Waals surface area contributed by atoms with Gasteiger partial charge in [0.05, 0.1) is 5.56 Å². The number of benzene rings is 1. The van der Waals surface area contributed by atoms with E-state index in [0.29, 0.717) is 23.2 Å². The molecule has 1 atom stereocenters. The van der Waals surface area contributed by atoms with E-state index < -0.39 is 5.97 Å². The number of carbonyl (C=O) groups is 2. The summed E-state index contributed by atoms with van der Waals surface area (Å²) in [6, 6.07) is 4.71. The maximum Gasteiger partial charge on any atom is 0.335 e. The van der Waals surface area contributed by atoms with Gasteiger partial charge in [0.2, 0.25) is 5.91 Å². The molecule has 0 aromatic heterocycles. The molecule has 0 radical (unpaired) electrons. The Hall–Kier alpha value is -1.59. The summed E-state index contributed by atoms with van der Waals surface area (Å²) in [5.41, 5.74) is 0.480. The number of hydrogen-bond donors (Lipinski definition) is 3. The lowest BCUT2D eigenvalue weighted by molar-refractivity contribution is -0.116. The van der Waals surface area contributed by atoms with Crippen molar-refractivity contribution in [1.29, 1.82) is 0 Å². The minimum atomic E-state index is -1.07. The molecular weight excluding hydrogens is 292 g/mol. The molecule has 1 aromatic carbocycles. The number of aromatic carboxylic acids is 1. The van der Waals surface area contributed by atoms with Gasteiger partial charge in [-0.1, -0.05) is 18.0 Å². The molecule has 1 aliphatic rings. The maximum atomic E-state index is 11.9. The molecule has 1 aromatic rings. The van der Waals surface area contributed by atoms with Crippen LogP contribution in [-0.2, 0) is 4.79 Å². The molecule has 1 heterocycles. The van der Waals surface area contributed by atoms with Gasteiger partial charge in [0.15, 0.2) is 0 Å². The Balaban J connectivity index is 1.88. The molecule has 114 valence electrons. The van der Waals surface area contributed by atoms with Crippen LogP contribution in [0.1, 0.15) is 42.5 Å². The summed E-state index contributed by atoms with van der Waals surface area (Å²) >= 11 is 5.85. The molecule has 1 unspecified atom stereocenters. The highest BCUT2D eigenvalue weighted by Gasteiger charge is 2.14. The van der Waals surface area contributed by atoms with Crippen LogP contribution < -0.4 is 10.6 Å². The quantitative estimate of drug-likeness (QED) is 0.781. The van der Waals surface area contributed by atoms with Crippen LogP contribution in [-0.4, -0.2) is 29.6 Å². The standard InChI is InChI=1S/C15H19ClN2O3/c16-11-7-10(15(20)21)8-13(9-11)18-14(19)5-4-12-3-1-2-6-17-12/h7-9,12,17H,1-6H2,(H,18,19)(H,20,21). The van der Waals surface area contributed by atoms with Crippen LogP contribution in [0.5, 0.6) is 0 Å². The third-order valence-electron chi connectivity index (χ3n) is 3.56. The Morgan fingerprint density at radius 1 is 1.33 bits per heavy atom. The van der Waals surface area contributed by atoms with Crippen LogP contribution in [0, 0.1) is 0 Å². The van der Waals surface area contributed by atoms with E-state index in [1.54, 1.807) is 6.07 Å². The van der Waals surface area contributed by atoms with Gasteiger partial charge in [-0.2, -0.15) is 0 Å². The van der Waals surface area contributed by atoms with Gasteiger partial charge in [-0.25, -0.2) is 4.79 Å². The Morgan fingerprint density at radius 2 is 2.14 bits per heavy atom. The van der Waals surface area contributed by atoms with Crippen molar-refractivity contribution in [3.05, 3.63) is 28.8 Å². The summed E-state index contributed by atoms with van der Waals surface area (Å²) < 4.78 is 0. The van der Waals surface area contributed by atoms with Crippen molar-refractivity contribution in [2.75, 3.05) is 11.9 Å². The molecule has 0 aliphatic carbocycles. The highest BCUT2D eigenvalue weighted by Crippen LogP contribution is 2.20. The third-order valence-corrected chi connectivity index (χ3v) is 3.78. The fourth-order valence-electron chi connectivity index (χ4n) is 2.48. The molecule has 0 spiro atoms. The lowest BCUT2D eigenvalue weighted by Crippen LogP contribution is -2.34. The second kappa shape index (κ2) is 7.43. The number of nitrogens with one attached hydrogen (secondary N) is 2. The van der Waals surface area contributed by atoms with E-state index in [0.717, 1.165) is 19.4 Å². The summed E-state index contributed by atoms with van der Waals surface area (Å²) in [5.74, 6) is -1.19. The molecule has 0 saturated carbocycles. The summed E-state index contributed by atoms with van der Waals surface area (Å²) in [7, 11) is 0. The SMILES string of the molecule is O=C(CCC1CCCCN1)Nc1cc(Cl)cc(C(=O)O)c1. The topological polar surface area (TPSA) is 78.4 Å². The van der Waals surface area contributed by atoms with E-state index >= 15 is 0 Å². The number of amides is 1. The van der Waals surface area contributed by atoms with Gasteiger partial charge < -0.3 is 15.7 Å². The van der Waals surface area contributed by atoms with Crippen LogP contribution in [0.4, 0.5) is 5.69 Å². The fraction of sp³-hybridized carbons (Fsp3) is 0.467. The number of piperidine rings is 1. The van der Waals surface area contributed by atoms with Crippen molar-refractivity contribution in [2.45, 2.75) is 38.1 Å². The molecule has 2 rings (SSSR count). The molecule has 1 amide bonds. The minimum absolute atomic E-state index is 0.0618. The molecule has 0 bridgehead atoms. The van der Waals surface area contributed by atoms with Crippen LogP contribution in [0.3, 0.4) is 0 Å². The van der Waals surface area contributed by atoms with Crippen molar-refractivity contribution in [2.24, 2.45) is 0 Å². The van der Waals surface area contributed by atoms with Crippen LogP contribution >= 0.6 is 11.6 Å². The highest BCUT2D eigenvalue weighted by molar-refractivity contribution is 6.31. The molecule has 6 heteroatoms. The minimum Gasteiger partial charge on any atom is -0.478 e. The van der Waals surface area contributed by atoms with Crippen molar-refractivity contribution >= 4 is 29.2 Å². The Kier molecular flexibility index (Phi) is 5.59. The number of carboxylic acid groups (broad SMARTS) is 1. The van der Waals surface area contributed by atoms with Crippen LogP contribution in [0.25, 0.3) is 0 Å². The average molecular weight is 311 g/mol. The third kappa shape index (κ3) is 5.02. The van der Waals surface area contributed by atoms with E-state index in [4.69, 9.17) is 16.7 Å². The second-order valence-corrected chi connectivity index (χ2v) is 5.70. The molecule has 21 heavy (non-hydrogen) atoms. The van der Waals surface area contributed by atoms with Gasteiger partial charge in [-0.15, -0.1) is 0 Å². The number of carboxylic acids is 1. The predicted octanol–water partition coefficient (Wildman–Crippen LogP) is 2.90. The van der Waals surface area contributed by atoms with Crippen LogP contribution in [0.2, 0.25) is 5.02 Å². The van der Waals surface area contributed by atoms with Crippen LogP contribution in [0.15, 0.2) is 18.2 Å². The number of carbonyl (C=O) groups excluding carboxylic acids is 1. The van der Waals surface area contributed by atoms with Gasteiger partial charge in [0.1, 0.15) is 0 Å². The van der Waals surface area contributed by atoms with Crippen molar-refractivity contribution in [3.63, 3.8) is 0 Å². The highest BCUT2D eigenvalue weighted by atomic mass is 35.5. The monoisotopic (exact) mass is 310 g/mol. The van der Waals surface area contributed by atoms with Gasteiger partial charge in [-0.3, -0.25) is 4.79 Å². The lowest BCUT2D eigenvalue weighted by Gasteiger charge is -2.23. The van der Waals surface area contributed by atoms with Gasteiger partial charge in [-0.05, 0) is 44.0 Å². The average Bonchev–Trinajstić information content (AvgIpc) is 2.45. The largest absolute Gasteiger partial charge is 0.478 e. The lowest BCUT2D eigenvalue weighted by atomic mass is 10.0. The van der Waals surface area contributed by atoms with Crippen molar-refractivity contribution in [1.82, 2.24) is 5.32 Å². The second-order valence-electron chi connectivity index (χ2n) is 5.27. The normalized spacial score (nSPS) is 18.2. The smallest absolute Gasteiger partial charge is 0.335 e. The summed E-state index contributed by atoms with van der Waals surface area (Å²) in [6.45, 7) is 1.02. The zero-order valence-electron chi connectivity index (χ0n) is 11.7. The molecular formula is C15H19ClN2O3. The Morgan fingerprint density at radius 3 is 2.81 bits per heavy atom. The molecule has 1 aliphatic heterocycles. The Labute approximate surface area is 128 Å². The first-order valence-electron chi connectivity index (χ1n) is 7.12. The number of halogens is 1. The van der Waals surface area contributed by atoms with E-state index in [9.17, 15) is 9.59 Å². The summed E-state index contributed by atoms with van der Waals surface area (Å²) in [5, 5.41) is 15.3. The first kappa shape index (κ1) is 15.8. The molecule has 3 N–H and O–H groups in total. The van der Waals surface area contributed by atoms with Gasteiger partial charge in [0.25, 0.3) is 0 Å². The molecule has 1 saturated heterocycles. The summed E-state index contributed by atoms with van der Waals surface area (Å²) in [4.78, 5) is 22.9. The van der Waals surface area contributed by atoms with E-state index in [1.807, 2.05) is 0 Å². The number of anilines is 1. The first-order valence-corrected chi connectivity index (χ1v) is 7.49. The van der Waals surface area contributed by atoms with E-state index in [2.05, 4.69) is 10.6 Å². The first-order chi connectivity index (χ1) is 10.0. The number of rotatable bonds is 5. The molecule has 1 fully saturated rings. The zero-order chi connectivity index (χ0) is 15.2. The summed E-state index contributed by atoms with van der Waals surface area (Å²) in [6.07, 6.45) is 4.71. The van der Waals surface area contributed by atoms with Crippen molar-refractivity contribution in [3.8, 4) is 0 Å².